The highest BCUT2D eigenvalue weighted by atomic mass is 16.6. The van der Waals surface area contributed by atoms with Gasteiger partial charge in [0.05, 0.1) is 39.0 Å². The quantitative estimate of drug-likeness (QED) is 0.116. The van der Waals surface area contributed by atoms with Crippen LogP contribution in [0.3, 0.4) is 0 Å². The van der Waals surface area contributed by atoms with Crippen molar-refractivity contribution < 1.29 is 28.3 Å². The van der Waals surface area contributed by atoms with Gasteiger partial charge in [-0.15, -0.1) is 0 Å². The van der Waals surface area contributed by atoms with Crippen molar-refractivity contribution in [2.45, 2.75) is 51.2 Å². The molecule has 1 N–H and O–H groups in total. The van der Waals surface area contributed by atoms with Crippen molar-refractivity contribution in [2.75, 3.05) is 66.3 Å². The van der Waals surface area contributed by atoms with Gasteiger partial charge in [-0.25, -0.2) is 9.59 Å². The summed E-state index contributed by atoms with van der Waals surface area (Å²) >= 11 is 0. The molecule has 0 aromatic heterocycles. The maximum Gasteiger partial charge on any atom is 0.411 e. The van der Waals surface area contributed by atoms with Crippen LogP contribution in [0.4, 0.5) is 10.5 Å². The zero-order chi connectivity index (χ0) is 33.6. The number of likely N-dealkylation sites (N-methyl/N-ethyl adjacent to an activating group) is 1. The number of likely N-dealkylation sites (tertiary alicyclic amines) is 1. The van der Waals surface area contributed by atoms with E-state index in [2.05, 4.69) is 24.3 Å². The smallest absolute Gasteiger partial charge is 0.411 e. The molecule has 252 valence electrons. The second-order valence-electron chi connectivity index (χ2n) is 13.1. The molecule has 1 saturated heterocycles. The Morgan fingerprint density at radius 2 is 1.57 bits per heavy atom. The lowest BCUT2D eigenvalue weighted by atomic mass is 10.0. The molecular formula is C38H51N4O5+. The number of carbonyl (C=O) groups is 3. The van der Waals surface area contributed by atoms with Gasteiger partial charge in [-0.2, -0.15) is 0 Å². The Balaban J connectivity index is 1.07. The van der Waals surface area contributed by atoms with Gasteiger partial charge in [0.25, 0.3) is 0 Å². The average molecular weight is 644 g/mol. The monoisotopic (exact) mass is 643 g/mol. The second-order valence-corrected chi connectivity index (χ2v) is 13.1. The standard InChI is InChI=1S/C38H50N4O5/c1-40(36(43)17-9-6-12-28-42(2,3)29-30-18-20-32(21-19-30)37(44)46-4)26-27-41-24-22-33(23-25-41)47-38(45)39-35-16-11-10-15-34(35)31-13-7-5-8-14-31/h5,7-8,10-11,13-16,18-21,33H,6,9,12,17,22-29H2,1-4H3/p+1. The SMILES string of the molecule is COC(=O)c1ccc(C[N+](C)(C)CCCCCC(=O)N(C)CCN2CCC(OC(=O)Nc3ccccc3-c3ccccc3)CC2)cc1. The largest absolute Gasteiger partial charge is 0.465 e. The van der Waals surface area contributed by atoms with Crippen LogP contribution in [0.2, 0.25) is 0 Å². The van der Waals surface area contributed by atoms with Crippen molar-refractivity contribution in [3.8, 4) is 11.1 Å². The lowest BCUT2D eigenvalue weighted by molar-refractivity contribution is -0.903. The summed E-state index contributed by atoms with van der Waals surface area (Å²) in [5.41, 5.74) is 4.48. The molecule has 1 fully saturated rings. The van der Waals surface area contributed by atoms with Gasteiger partial charge in [0, 0.05) is 50.8 Å². The van der Waals surface area contributed by atoms with Crippen LogP contribution in [0.25, 0.3) is 11.1 Å². The molecule has 9 nitrogen and oxygen atoms in total. The summed E-state index contributed by atoms with van der Waals surface area (Å²) in [4.78, 5) is 41.3. The summed E-state index contributed by atoms with van der Waals surface area (Å²) in [6, 6.07) is 25.3. The van der Waals surface area contributed by atoms with E-state index in [1.807, 2.05) is 90.8 Å². The minimum atomic E-state index is -0.425. The summed E-state index contributed by atoms with van der Waals surface area (Å²) in [7, 11) is 7.70. The number of piperidine rings is 1. The van der Waals surface area contributed by atoms with Gasteiger partial charge in [0.1, 0.15) is 12.6 Å². The number of ether oxygens (including phenoxy) is 2. The molecule has 0 saturated carbocycles. The molecule has 1 aliphatic rings. The molecule has 1 aliphatic heterocycles. The number of hydrogen-bond donors (Lipinski definition) is 1. The Morgan fingerprint density at radius 3 is 2.28 bits per heavy atom. The van der Waals surface area contributed by atoms with Crippen molar-refractivity contribution in [2.24, 2.45) is 0 Å². The highest BCUT2D eigenvalue weighted by Gasteiger charge is 2.23. The van der Waals surface area contributed by atoms with Crippen LogP contribution < -0.4 is 5.32 Å². The third-order valence-electron chi connectivity index (χ3n) is 8.87. The van der Waals surface area contributed by atoms with E-state index in [0.29, 0.717) is 18.5 Å². The van der Waals surface area contributed by atoms with Crippen LogP contribution in [-0.4, -0.2) is 99.3 Å². The fourth-order valence-electron chi connectivity index (χ4n) is 6.04. The first-order valence-electron chi connectivity index (χ1n) is 16.7. The number of amides is 2. The minimum Gasteiger partial charge on any atom is -0.465 e. The molecule has 0 aliphatic carbocycles. The number of esters is 1. The van der Waals surface area contributed by atoms with Crippen molar-refractivity contribution >= 4 is 23.7 Å². The summed E-state index contributed by atoms with van der Waals surface area (Å²) in [5, 5.41) is 2.94. The molecule has 2 amide bonds. The highest BCUT2D eigenvalue weighted by molar-refractivity contribution is 5.91. The fourth-order valence-corrected chi connectivity index (χ4v) is 6.04. The summed E-state index contributed by atoms with van der Waals surface area (Å²) in [6.45, 7) is 5.08. The lowest BCUT2D eigenvalue weighted by Gasteiger charge is -2.32. The van der Waals surface area contributed by atoms with Crippen LogP contribution >= 0.6 is 0 Å². The number of quaternary nitrogens is 1. The first kappa shape index (κ1) is 35.6. The van der Waals surface area contributed by atoms with E-state index in [-0.39, 0.29) is 18.0 Å². The minimum absolute atomic E-state index is 0.120. The van der Waals surface area contributed by atoms with Crippen molar-refractivity contribution in [3.05, 3.63) is 90.0 Å². The molecule has 47 heavy (non-hydrogen) atoms. The van der Waals surface area contributed by atoms with E-state index in [9.17, 15) is 14.4 Å². The van der Waals surface area contributed by atoms with Gasteiger partial charge < -0.3 is 23.8 Å². The van der Waals surface area contributed by atoms with E-state index >= 15 is 0 Å². The molecule has 0 spiro atoms. The lowest BCUT2D eigenvalue weighted by Crippen LogP contribution is -2.42. The number of carbonyl (C=O) groups excluding carboxylic acids is 3. The van der Waals surface area contributed by atoms with Gasteiger partial charge in [-0.1, -0.05) is 60.7 Å². The Kier molecular flexibility index (Phi) is 13.4. The first-order chi connectivity index (χ1) is 22.6. The van der Waals surface area contributed by atoms with Gasteiger partial charge in [-0.05, 0) is 55.9 Å². The molecule has 0 atom stereocenters. The second kappa shape index (κ2) is 17.6. The Hall–Kier alpha value is -4.21. The third-order valence-corrected chi connectivity index (χ3v) is 8.87. The number of rotatable bonds is 15. The fraction of sp³-hybridized carbons (Fsp3) is 0.447. The van der Waals surface area contributed by atoms with Crippen LogP contribution in [0.15, 0.2) is 78.9 Å². The van der Waals surface area contributed by atoms with Gasteiger partial charge in [0.2, 0.25) is 5.91 Å². The number of benzene rings is 3. The molecule has 0 bridgehead atoms. The zero-order valence-corrected chi connectivity index (χ0v) is 28.5. The number of hydrogen-bond acceptors (Lipinski definition) is 6. The average Bonchev–Trinajstić information content (AvgIpc) is 3.08. The zero-order valence-electron chi connectivity index (χ0n) is 28.5. The first-order valence-corrected chi connectivity index (χ1v) is 16.7. The van der Waals surface area contributed by atoms with E-state index < -0.39 is 6.09 Å². The predicted octanol–water partition coefficient (Wildman–Crippen LogP) is 6.45. The molecule has 1 heterocycles. The number of nitrogens with one attached hydrogen (secondary N) is 1. The molecule has 4 rings (SSSR count). The van der Waals surface area contributed by atoms with E-state index in [0.717, 1.165) is 86.1 Å². The van der Waals surface area contributed by atoms with Crippen molar-refractivity contribution in [3.63, 3.8) is 0 Å². The van der Waals surface area contributed by atoms with E-state index in [1.165, 1.54) is 12.7 Å². The number of nitrogens with zero attached hydrogens (tertiary/aromatic N) is 3. The Morgan fingerprint density at radius 1 is 0.894 bits per heavy atom. The van der Waals surface area contributed by atoms with E-state index in [4.69, 9.17) is 9.47 Å². The molecule has 3 aromatic carbocycles. The Labute approximate surface area is 280 Å². The van der Waals surface area contributed by atoms with E-state index in [1.54, 1.807) is 0 Å². The molecular weight excluding hydrogens is 592 g/mol. The van der Waals surface area contributed by atoms with Crippen LogP contribution in [-0.2, 0) is 20.8 Å². The van der Waals surface area contributed by atoms with Crippen LogP contribution in [0.1, 0.15) is 54.4 Å². The highest BCUT2D eigenvalue weighted by Crippen LogP contribution is 2.28. The van der Waals surface area contributed by atoms with Gasteiger partial charge in [-0.3, -0.25) is 10.1 Å². The number of unbranched alkanes of at least 4 members (excludes halogenated alkanes) is 2. The van der Waals surface area contributed by atoms with Crippen LogP contribution in [0.5, 0.6) is 0 Å². The maximum atomic E-state index is 12.8. The van der Waals surface area contributed by atoms with Crippen molar-refractivity contribution in [1.82, 2.24) is 9.80 Å². The normalized spacial score (nSPS) is 14.0. The summed E-state index contributed by atoms with van der Waals surface area (Å²) in [6.07, 6.45) is 4.53. The summed E-state index contributed by atoms with van der Waals surface area (Å²) in [5.74, 6) is -0.129. The topological polar surface area (TPSA) is 88.2 Å². The molecule has 0 radical (unpaired) electrons. The number of methoxy groups -OCH3 is 1. The maximum absolute atomic E-state index is 12.8. The van der Waals surface area contributed by atoms with Gasteiger partial charge in [0.15, 0.2) is 0 Å². The molecule has 9 heteroatoms. The molecule has 3 aromatic rings. The number of anilines is 1. The molecule has 0 unspecified atom stereocenters. The van der Waals surface area contributed by atoms with Crippen molar-refractivity contribution in [1.29, 1.82) is 0 Å². The third kappa shape index (κ3) is 11.5. The Bertz CT molecular complexity index is 1440. The van der Waals surface area contributed by atoms with Crippen LogP contribution in [0, 0.1) is 0 Å². The predicted molar refractivity (Wildman–Crippen MR) is 186 cm³/mol. The van der Waals surface area contributed by atoms with Gasteiger partial charge >= 0.3 is 12.1 Å². The summed E-state index contributed by atoms with van der Waals surface area (Å²) < 4.78 is 11.4. The number of para-hydroxylation sites is 1.